The van der Waals surface area contributed by atoms with E-state index in [1.165, 1.54) is 12.0 Å². The lowest BCUT2D eigenvalue weighted by Gasteiger charge is -2.26. The molecule has 1 unspecified atom stereocenters. The number of fused-ring (bicyclic) bond motifs is 1. The zero-order valence-corrected chi connectivity index (χ0v) is 19.1. The molecule has 35 heavy (non-hydrogen) atoms. The Bertz CT molecular complexity index is 1420. The third-order valence-electron chi connectivity index (χ3n) is 6.06. The zero-order chi connectivity index (χ0) is 24.6. The van der Waals surface area contributed by atoms with Crippen LogP contribution in [0.4, 0.5) is 4.79 Å². The fourth-order valence-corrected chi connectivity index (χ4v) is 4.15. The van der Waals surface area contributed by atoms with E-state index in [-0.39, 0.29) is 12.5 Å². The van der Waals surface area contributed by atoms with Crippen LogP contribution in [0.25, 0.3) is 11.3 Å². The number of nitrogens with one attached hydrogen (secondary N) is 2. The molecule has 2 N–H and O–H groups in total. The third kappa shape index (κ3) is 4.06. The Morgan fingerprint density at radius 1 is 1.11 bits per heavy atom. The largest absolute Gasteiger partial charge is 0.497 e. The van der Waals surface area contributed by atoms with E-state index in [4.69, 9.17) is 4.74 Å². The number of imide groups is 1. The number of hydrogen-bond acceptors (Lipinski definition) is 6. The van der Waals surface area contributed by atoms with Crippen molar-refractivity contribution in [2.24, 2.45) is 0 Å². The summed E-state index contributed by atoms with van der Waals surface area (Å²) in [6.07, 6.45) is 5.07. The molecular formula is C26H21N5O4. The van der Waals surface area contributed by atoms with Crippen molar-refractivity contribution in [2.75, 3.05) is 13.7 Å². The van der Waals surface area contributed by atoms with Crippen LogP contribution in [0.3, 0.4) is 0 Å². The number of hydrogen-bond donors (Lipinski definition) is 2. The highest BCUT2D eigenvalue weighted by atomic mass is 16.5. The van der Waals surface area contributed by atoms with E-state index < -0.39 is 17.5 Å². The van der Waals surface area contributed by atoms with Gasteiger partial charge in [0.1, 0.15) is 5.75 Å². The summed E-state index contributed by atoms with van der Waals surface area (Å²) >= 11 is 0. The van der Waals surface area contributed by atoms with Gasteiger partial charge in [-0.3, -0.25) is 24.9 Å². The molecule has 2 aliphatic rings. The molecule has 5 rings (SSSR count). The average Bonchev–Trinajstić information content (AvgIpc) is 3.32. The van der Waals surface area contributed by atoms with Crippen LogP contribution in [0.15, 0.2) is 55.0 Å². The highest BCUT2D eigenvalue weighted by Gasteiger charge is 2.48. The van der Waals surface area contributed by atoms with Gasteiger partial charge in [0.15, 0.2) is 0 Å². The quantitative estimate of drug-likeness (QED) is 0.449. The van der Waals surface area contributed by atoms with E-state index in [2.05, 4.69) is 32.4 Å². The molecule has 0 saturated carbocycles. The van der Waals surface area contributed by atoms with E-state index >= 15 is 0 Å². The minimum atomic E-state index is -1.59. The van der Waals surface area contributed by atoms with Gasteiger partial charge in [-0.15, -0.1) is 0 Å². The van der Waals surface area contributed by atoms with Gasteiger partial charge in [0.05, 0.1) is 19.3 Å². The van der Waals surface area contributed by atoms with Gasteiger partial charge in [-0.2, -0.15) is 0 Å². The number of ether oxygens (including phenoxy) is 1. The van der Waals surface area contributed by atoms with Crippen LogP contribution in [-0.2, 0) is 11.3 Å². The van der Waals surface area contributed by atoms with Crippen LogP contribution in [-0.4, -0.2) is 51.9 Å². The number of urea groups is 1. The summed E-state index contributed by atoms with van der Waals surface area (Å²) in [5.74, 6) is 5.54. The van der Waals surface area contributed by atoms with E-state index in [0.29, 0.717) is 23.4 Å². The zero-order valence-electron chi connectivity index (χ0n) is 19.1. The lowest BCUT2D eigenvalue weighted by molar-refractivity contribution is -0.122. The molecule has 0 bridgehead atoms. The molecule has 0 spiro atoms. The van der Waals surface area contributed by atoms with Gasteiger partial charge in [0.2, 0.25) is 5.54 Å². The number of amides is 4. The summed E-state index contributed by atoms with van der Waals surface area (Å²) in [5.41, 5.74) is 3.00. The predicted molar refractivity (Wildman–Crippen MR) is 126 cm³/mol. The Balaban J connectivity index is 1.42. The van der Waals surface area contributed by atoms with E-state index in [1.807, 2.05) is 25.1 Å². The summed E-state index contributed by atoms with van der Waals surface area (Å²) in [6.45, 7) is 2.17. The van der Waals surface area contributed by atoms with Gasteiger partial charge in [0, 0.05) is 41.8 Å². The molecule has 174 valence electrons. The molecule has 0 radical (unpaired) electrons. The fraction of sp³-hybridized carbons (Fsp3) is 0.192. The lowest BCUT2D eigenvalue weighted by Crippen LogP contribution is -2.54. The number of rotatable bonds is 4. The van der Waals surface area contributed by atoms with Crippen LogP contribution >= 0.6 is 0 Å². The van der Waals surface area contributed by atoms with E-state index in [1.54, 1.807) is 36.8 Å². The Kier molecular flexibility index (Phi) is 5.41. The predicted octanol–water partition coefficient (Wildman–Crippen LogP) is 2.05. The second-order valence-electron chi connectivity index (χ2n) is 8.37. The number of pyridine rings is 2. The number of nitrogens with zero attached hydrogens (tertiary/aromatic N) is 3. The van der Waals surface area contributed by atoms with Gasteiger partial charge < -0.3 is 15.0 Å². The van der Waals surface area contributed by atoms with Crippen molar-refractivity contribution < 1.29 is 19.1 Å². The maximum absolute atomic E-state index is 13.0. The molecule has 9 nitrogen and oxygen atoms in total. The SMILES string of the molecule is COc1ccc2c(c1)C(=O)N(CC1(C#Cc3ccc(-c4cnccc4C)nc3)NC(=O)NC1=O)C2. The molecule has 9 heteroatoms. The van der Waals surface area contributed by atoms with Crippen molar-refractivity contribution in [3.8, 4) is 28.8 Å². The number of benzene rings is 1. The normalized spacial score (nSPS) is 18.5. The van der Waals surface area contributed by atoms with E-state index in [0.717, 1.165) is 22.4 Å². The van der Waals surface area contributed by atoms with Crippen molar-refractivity contribution in [3.05, 3.63) is 77.2 Å². The Morgan fingerprint density at radius 2 is 1.97 bits per heavy atom. The van der Waals surface area contributed by atoms with Crippen LogP contribution < -0.4 is 15.4 Å². The van der Waals surface area contributed by atoms with Crippen molar-refractivity contribution in [1.82, 2.24) is 25.5 Å². The molecule has 1 fully saturated rings. The van der Waals surface area contributed by atoms with Crippen molar-refractivity contribution >= 4 is 17.8 Å². The molecule has 4 amide bonds. The van der Waals surface area contributed by atoms with Crippen LogP contribution in [0.2, 0.25) is 0 Å². The monoisotopic (exact) mass is 467 g/mol. The minimum absolute atomic E-state index is 0.103. The average molecular weight is 467 g/mol. The minimum Gasteiger partial charge on any atom is -0.497 e. The third-order valence-corrected chi connectivity index (χ3v) is 6.06. The maximum Gasteiger partial charge on any atom is 0.323 e. The van der Waals surface area contributed by atoms with Crippen LogP contribution in [0.1, 0.15) is 27.0 Å². The topological polar surface area (TPSA) is 114 Å². The molecule has 4 heterocycles. The van der Waals surface area contributed by atoms with E-state index in [9.17, 15) is 14.4 Å². The highest BCUT2D eigenvalue weighted by Crippen LogP contribution is 2.28. The van der Waals surface area contributed by atoms with Gasteiger partial charge >= 0.3 is 6.03 Å². The first-order valence-electron chi connectivity index (χ1n) is 10.9. The van der Waals surface area contributed by atoms with Crippen molar-refractivity contribution in [2.45, 2.75) is 19.0 Å². The molecule has 1 aromatic carbocycles. The smallest absolute Gasteiger partial charge is 0.323 e. The van der Waals surface area contributed by atoms with Gasteiger partial charge in [0.25, 0.3) is 11.8 Å². The summed E-state index contributed by atoms with van der Waals surface area (Å²) in [6, 6.07) is 10.1. The summed E-state index contributed by atoms with van der Waals surface area (Å²) < 4.78 is 5.21. The number of aromatic nitrogens is 2. The van der Waals surface area contributed by atoms with Gasteiger partial charge in [-0.1, -0.05) is 17.9 Å². The van der Waals surface area contributed by atoms with Crippen molar-refractivity contribution in [3.63, 3.8) is 0 Å². The molecule has 1 atom stereocenters. The summed E-state index contributed by atoms with van der Waals surface area (Å²) in [5, 5.41) is 4.85. The molecule has 3 aromatic rings. The summed E-state index contributed by atoms with van der Waals surface area (Å²) in [4.78, 5) is 47.9. The molecule has 2 aromatic heterocycles. The second kappa shape index (κ2) is 8.57. The lowest BCUT2D eigenvalue weighted by atomic mass is 9.99. The van der Waals surface area contributed by atoms with Crippen LogP contribution in [0, 0.1) is 18.8 Å². The number of carbonyl (C=O) groups excluding carboxylic acids is 3. The fourth-order valence-electron chi connectivity index (χ4n) is 4.15. The number of aryl methyl sites for hydroxylation is 1. The van der Waals surface area contributed by atoms with Gasteiger partial charge in [-0.05, 0) is 48.4 Å². The first-order chi connectivity index (χ1) is 16.9. The number of methoxy groups -OCH3 is 1. The number of carbonyl (C=O) groups is 3. The molecule has 2 aliphatic heterocycles. The molecular weight excluding hydrogens is 446 g/mol. The first kappa shape index (κ1) is 22.1. The Hall–Kier alpha value is -4.71. The highest BCUT2D eigenvalue weighted by molar-refractivity contribution is 6.10. The Morgan fingerprint density at radius 3 is 2.66 bits per heavy atom. The first-order valence-corrected chi connectivity index (χ1v) is 10.9. The molecule has 1 saturated heterocycles. The summed E-state index contributed by atoms with van der Waals surface area (Å²) in [7, 11) is 1.53. The Labute approximate surface area is 201 Å². The van der Waals surface area contributed by atoms with Crippen LogP contribution in [0.5, 0.6) is 5.75 Å². The molecule has 0 aliphatic carbocycles. The standard InChI is InChI=1S/C26H21N5O4/c1-16-8-10-27-13-21(16)22-6-3-17(12-28-22)7-9-26(24(33)29-25(34)30-26)15-31-14-18-4-5-19(35-2)11-20(18)23(31)32/h3-6,8,10-13H,14-15H2,1-2H3,(H2,29,30,33,34). The maximum atomic E-state index is 13.0. The van der Waals surface area contributed by atoms with Gasteiger partial charge in [-0.25, -0.2) is 4.79 Å². The van der Waals surface area contributed by atoms with Crippen molar-refractivity contribution in [1.29, 1.82) is 0 Å². The second-order valence-corrected chi connectivity index (χ2v) is 8.37.